The molecule has 0 aliphatic rings. The van der Waals surface area contributed by atoms with E-state index in [2.05, 4.69) is 10.3 Å². The van der Waals surface area contributed by atoms with Crippen molar-refractivity contribution in [3.63, 3.8) is 0 Å². The molecule has 0 bridgehead atoms. The number of benzene rings is 1. The Hall–Kier alpha value is -1.91. The zero-order chi connectivity index (χ0) is 9.42. The SMILES string of the molecule is Cn1nnc2cc(C(=O)[O-])ccc21. The van der Waals surface area contributed by atoms with Gasteiger partial charge in [-0.15, -0.1) is 5.10 Å². The van der Waals surface area contributed by atoms with Crippen molar-refractivity contribution in [2.45, 2.75) is 0 Å². The summed E-state index contributed by atoms with van der Waals surface area (Å²) in [6.45, 7) is 0. The summed E-state index contributed by atoms with van der Waals surface area (Å²) in [6.07, 6.45) is 0. The van der Waals surface area contributed by atoms with Crippen LogP contribution >= 0.6 is 0 Å². The minimum absolute atomic E-state index is 0.119. The number of hydrogen-bond acceptors (Lipinski definition) is 4. The molecule has 0 aliphatic heterocycles. The number of carbonyl (C=O) groups is 1. The lowest BCUT2D eigenvalue weighted by Crippen LogP contribution is -2.21. The molecule has 2 rings (SSSR count). The fourth-order valence-electron chi connectivity index (χ4n) is 1.17. The van der Waals surface area contributed by atoms with Gasteiger partial charge in [0, 0.05) is 7.05 Å². The molecule has 0 radical (unpaired) electrons. The van der Waals surface area contributed by atoms with Gasteiger partial charge in [0.15, 0.2) is 0 Å². The summed E-state index contributed by atoms with van der Waals surface area (Å²) in [5.41, 5.74) is 1.47. The molecule has 0 fully saturated rings. The summed E-state index contributed by atoms with van der Waals surface area (Å²) < 4.78 is 1.58. The first-order valence-corrected chi connectivity index (χ1v) is 3.69. The van der Waals surface area contributed by atoms with E-state index < -0.39 is 5.97 Å². The lowest BCUT2D eigenvalue weighted by atomic mass is 10.2. The molecule has 0 spiro atoms. The van der Waals surface area contributed by atoms with Crippen LogP contribution in [0.2, 0.25) is 0 Å². The smallest absolute Gasteiger partial charge is 0.113 e. The van der Waals surface area contributed by atoms with E-state index in [-0.39, 0.29) is 5.56 Å². The van der Waals surface area contributed by atoms with E-state index in [0.29, 0.717) is 5.52 Å². The fourth-order valence-corrected chi connectivity index (χ4v) is 1.17. The van der Waals surface area contributed by atoms with E-state index in [4.69, 9.17) is 0 Å². The standard InChI is InChI=1S/C8H7N3O2/c1-11-7-3-2-5(8(12)13)4-6(7)9-10-11/h2-4H,1H3,(H,12,13)/p-1. The van der Waals surface area contributed by atoms with Crippen LogP contribution in [0.1, 0.15) is 10.4 Å². The number of nitrogens with zero attached hydrogens (tertiary/aromatic N) is 3. The number of carboxylic acid groups (broad SMARTS) is 1. The van der Waals surface area contributed by atoms with E-state index in [1.165, 1.54) is 12.1 Å². The van der Waals surface area contributed by atoms with Gasteiger partial charge in [-0.05, 0) is 17.7 Å². The largest absolute Gasteiger partial charge is 0.545 e. The summed E-state index contributed by atoms with van der Waals surface area (Å²) in [5, 5.41) is 18.0. The maximum absolute atomic E-state index is 10.5. The van der Waals surface area contributed by atoms with Gasteiger partial charge in [0.05, 0.1) is 11.5 Å². The summed E-state index contributed by atoms with van der Waals surface area (Å²) in [4.78, 5) is 10.5. The molecule has 1 aromatic carbocycles. The van der Waals surface area contributed by atoms with Crippen molar-refractivity contribution in [3.8, 4) is 0 Å². The van der Waals surface area contributed by atoms with Gasteiger partial charge < -0.3 is 9.90 Å². The van der Waals surface area contributed by atoms with Gasteiger partial charge in [-0.2, -0.15) is 0 Å². The lowest BCUT2D eigenvalue weighted by Gasteiger charge is -2.00. The highest BCUT2D eigenvalue weighted by molar-refractivity contribution is 5.90. The Kier molecular flexibility index (Phi) is 1.51. The van der Waals surface area contributed by atoms with Crippen LogP contribution in [0, 0.1) is 0 Å². The van der Waals surface area contributed by atoms with Crippen LogP contribution in [0.25, 0.3) is 11.0 Å². The number of carbonyl (C=O) groups excluding carboxylic acids is 1. The second kappa shape index (κ2) is 2.55. The highest BCUT2D eigenvalue weighted by Crippen LogP contribution is 2.11. The number of aromatic nitrogens is 3. The Morgan fingerprint density at radius 3 is 3.00 bits per heavy atom. The van der Waals surface area contributed by atoms with Gasteiger partial charge in [0.25, 0.3) is 0 Å². The molecular formula is C8H6N3O2-. The van der Waals surface area contributed by atoms with Crippen molar-refractivity contribution in [3.05, 3.63) is 23.8 Å². The van der Waals surface area contributed by atoms with Crippen molar-refractivity contribution in [2.75, 3.05) is 0 Å². The number of fused-ring (bicyclic) bond motifs is 1. The van der Waals surface area contributed by atoms with Gasteiger partial charge in [0.2, 0.25) is 0 Å². The number of rotatable bonds is 1. The Balaban J connectivity index is 2.70. The molecule has 2 aromatic rings. The summed E-state index contributed by atoms with van der Waals surface area (Å²) >= 11 is 0. The highest BCUT2D eigenvalue weighted by atomic mass is 16.4. The molecule has 0 atom stereocenters. The molecule has 0 saturated carbocycles. The van der Waals surface area contributed by atoms with E-state index in [0.717, 1.165) is 5.52 Å². The summed E-state index contributed by atoms with van der Waals surface area (Å²) in [6, 6.07) is 4.57. The van der Waals surface area contributed by atoms with Gasteiger partial charge in [-0.25, -0.2) is 4.68 Å². The maximum atomic E-state index is 10.5. The monoisotopic (exact) mass is 176 g/mol. The van der Waals surface area contributed by atoms with Crippen LogP contribution in [0.3, 0.4) is 0 Å². The molecule has 66 valence electrons. The first kappa shape index (κ1) is 7.72. The van der Waals surface area contributed by atoms with Crippen LogP contribution in [-0.4, -0.2) is 21.0 Å². The summed E-state index contributed by atoms with van der Waals surface area (Å²) in [7, 11) is 1.74. The average molecular weight is 176 g/mol. The maximum Gasteiger partial charge on any atom is 0.113 e. The quantitative estimate of drug-likeness (QED) is 0.577. The second-order valence-corrected chi connectivity index (χ2v) is 2.70. The lowest BCUT2D eigenvalue weighted by molar-refractivity contribution is -0.255. The Morgan fingerprint density at radius 2 is 2.31 bits per heavy atom. The minimum Gasteiger partial charge on any atom is -0.545 e. The van der Waals surface area contributed by atoms with Crippen LogP contribution in [0.15, 0.2) is 18.2 Å². The van der Waals surface area contributed by atoms with Gasteiger partial charge in [0.1, 0.15) is 5.52 Å². The number of aromatic carboxylic acids is 1. The van der Waals surface area contributed by atoms with Crippen molar-refractivity contribution in [1.29, 1.82) is 0 Å². The topological polar surface area (TPSA) is 70.8 Å². The summed E-state index contributed by atoms with van der Waals surface area (Å²) in [5.74, 6) is -1.20. The molecule has 5 heteroatoms. The van der Waals surface area contributed by atoms with Gasteiger partial charge in [-0.3, -0.25) is 0 Å². The number of carboxylic acids is 1. The molecule has 13 heavy (non-hydrogen) atoms. The Bertz CT molecular complexity index is 475. The van der Waals surface area contributed by atoms with Crippen molar-refractivity contribution in [2.24, 2.45) is 7.05 Å². The minimum atomic E-state index is -1.20. The van der Waals surface area contributed by atoms with E-state index in [9.17, 15) is 9.90 Å². The van der Waals surface area contributed by atoms with E-state index in [1.807, 2.05) is 0 Å². The van der Waals surface area contributed by atoms with Crippen molar-refractivity contribution >= 4 is 17.0 Å². The normalized spacial score (nSPS) is 10.5. The molecule has 1 aromatic heterocycles. The van der Waals surface area contributed by atoms with Crippen LogP contribution < -0.4 is 5.11 Å². The Morgan fingerprint density at radius 1 is 1.54 bits per heavy atom. The molecule has 0 amide bonds. The zero-order valence-electron chi connectivity index (χ0n) is 6.89. The van der Waals surface area contributed by atoms with Crippen molar-refractivity contribution in [1.82, 2.24) is 15.0 Å². The molecule has 5 nitrogen and oxygen atoms in total. The van der Waals surface area contributed by atoms with Crippen LogP contribution in [0.5, 0.6) is 0 Å². The molecule has 1 heterocycles. The molecule has 0 aliphatic carbocycles. The highest BCUT2D eigenvalue weighted by Gasteiger charge is 2.01. The predicted molar refractivity (Wildman–Crippen MR) is 42.8 cm³/mol. The average Bonchev–Trinajstić information content (AvgIpc) is 2.47. The molecule has 0 saturated heterocycles. The van der Waals surface area contributed by atoms with Crippen LogP contribution in [0.4, 0.5) is 0 Å². The van der Waals surface area contributed by atoms with Crippen LogP contribution in [-0.2, 0) is 7.05 Å². The predicted octanol–water partition coefficient (Wildman–Crippen LogP) is -0.668. The van der Waals surface area contributed by atoms with Gasteiger partial charge >= 0.3 is 0 Å². The number of hydrogen-bond donors (Lipinski definition) is 0. The molecular weight excluding hydrogens is 170 g/mol. The third kappa shape index (κ3) is 1.14. The Labute approximate surface area is 73.6 Å². The third-order valence-electron chi connectivity index (χ3n) is 1.85. The first-order chi connectivity index (χ1) is 6.18. The van der Waals surface area contributed by atoms with Crippen molar-refractivity contribution < 1.29 is 9.90 Å². The molecule has 0 N–H and O–H groups in total. The fraction of sp³-hybridized carbons (Fsp3) is 0.125. The van der Waals surface area contributed by atoms with E-state index >= 15 is 0 Å². The van der Waals surface area contributed by atoms with E-state index in [1.54, 1.807) is 17.8 Å². The zero-order valence-corrected chi connectivity index (χ0v) is 6.89. The number of aryl methyl sites for hydroxylation is 1. The van der Waals surface area contributed by atoms with Gasteiger partial charge in [-0.1, -0.05) is 11.3 Å². The molecule has 0 unspecified atom stereocenters. The first-order valence-electron chi connectivity index (χ1n) is 3.69. The third-order valence-corrected chi connectivity index (χ3v) is 1.85. The second-order valence-electron chi connectivity index (χ2n) is 2.70.